The molecule has 106 valence electrons. The molecule has 1 rings (SSSR count). The molecule has 1 aromatic carbocycles. The third-order valence-electron chi connectivity index (χ3n) is 2.69. The second-order valence-corrected chi connectivity index (χ2v) is 7.12. The summed E-state index contributed by atoms with van der Waals surface area (Å²) in [4.78, 5) is 10.7. The van der Waals surface area contributed by atoms with E-state index in [0.29, 0.717) is 18.0 Å². The highest BCUT2D eigenvalue weighted by Gasteiger charge is 2.13. The lowest BCUT2D eigenvalue weighted by Crippen LogP contribution is -2.23. The van der Waals surface area contributed by atoms with Gasteiger partial charge in [-0.1, -0.05) is 17.7 Å². The van der Waals surface area contributed by atoms with Crippen LogP contribution in [0.15, 0.2) is 18.2 Å². The summed E-state index contributed by atoms with van der Waals surface area (Å²) in [5, 5.41) is 3.18. The molecule has 1 aromatic rings. The topological polar surface area (TPSA) is 63.2 Å². The SMILES string of the molecule is CC(=O)NCCCS(=O)(=O)Cc1ccc(Cl)cc1C. The highest BCUT2D eigenvalue weighted by Crippen LogP contribution is 2.17. The molecule has 0 fully saturated rings. The molecule has 0 radical (unpaired) electrons. The molecule has 0 aliphatic carbocycles. The van der Waals surface area contributed by atoms with Gasteiger partial charge in [-0.3, -0.25) is 4.79 Å². The number of hydrogen-bond acceptors (Lipinski definition) is 3. The van der Waals surface area contributed by atoms with Crippen molar-refractivity contribution in [1.29, 1.82) is 0 Å². The Balaban J connectivity index is 2.56. The second-order valence-electron chi connectivity index (χ2n) is 4.50. The number of carbonyl (C=O) groups is 1. The first-order valence-corrected chi connectivity index (χ1v) is 8.20. The fourth-order valence-corrected chi connectivity index (χ4v) is 3.44. The van der Waals surface area contributed by atoms with Crippen LogP contribution in [0.2, 0.25) is 5.02 Å². The highest BCUT2D eigenvalue weighted by molar-refractivity contribution is 7.90. The lowest BCUT2D eigenvalue weighted by Gasteiger charge is -2.08. The van der Waals surface area contributed by atoms with Crippen LogP contribution < -0.4 is 5.32 Å². The van der Waals surface area contributed by atoms with Crippen molar-refractivity contribution in [2.75, 3.05) is 12.3 Å². The van der Waals surface area contributed by atoms with E-state index in [1.54, 1.807) is 18.2 Å². The Labute approximate surface area is 119 Å². The average Bonchev–Trinajstić information content (AvgIpc) is 2.28. The van der Waals surface area contributed by atoms with Gasteiger partial charge in [0, 0.05) is 18.5 Å². The zero-order valence-electron chi connectivity index (χ0n) is 11.1. The quantitative estimate of drug-likeness (QED) is 0.819. The molecule has 19 heavy (non-hydrogen) atoms. The minimum atomic E-state index is -3.16. The summed E-state index contributed by atoms with van der Waals surface area (Å²) in [5.41, 5.74) is 1.64. The summed E-state index contributed by atoms with van der Waals surface area (Å²) >= 11 is 5.83. The maximum Gasteiger partial charge on any atom is 0.216 e. The lowest BCUT2D eigenvalue weighted by atomic mass is 10.1. The van der Waals surface area contributed by atoms with Crippen molar-refractivity contribution in [3.05, 3.63) is 34.3 Å². The number of benzene rings is 1. The van der Waals surface area contributed by atoms with Crippen LogP contribution >= 0.6 is 11.6 Å². The zero-order chi connectivity index (χ0) is 14.5. The molecule has 1 amide bonds. The van der Waals surface area contributed by atoms with Crippen LogP contribution in [-0.4, -0.2) is 26.6 Å². The van der Waals surface area contributed by atoms with Crippen LogP contribution in [0, 0.1) is 6.92 Å². The summed E-state index contributed by atoms with van der Waals surface area (Å²) in [6.45, 7) is 3.63. The van der Waals surface area contributed by atoms with Crippen LogP contribution in [0.3, 0.4) is 0 Å². The first-order valence-electron chi connectivity index (χ1n) is 6.00. The number of hydrogen-bond donors (Lipinski definition) is 1. The van der Waals surface area contributed by atoms with Crippen molar-refractivity contribution in [3.8, 4) is 0 Å². The fourth-order valence-electron chi connectivity index (χ4n) is 1.69. The summed E-state index contributed by atoms with van der Waals surface area (Å²) in [5.74, 6) is -0.0725. The number of aryl methyl sites for hydroxylation is 1. The Hall–Kier alpha value is -1.07. The average molecular weight is 304 g/mol. The van der Waals surface area contributed by atoms with E-state index in [0.717, 1.165) is 11.1 Å². The molecule has 0 saturated carbocycles. The van der Waals surface area contributed by atoms with E-state index in [1.807, 2.05) is 6.92 Å². The number of amides is 1. The van der Waals surface area contributed by atoms with Crippen molar-refractivity contribution in [1.82, 2.24) is 5.32 Å². The molecule has 0 aliphatic heterocycles. The van der Waals surface area contributed by atoms with Gasteiger partial charge >= 0.3 is 0 Å². The largest absolute Gasteiger partial charge is 0.356 e. The van der Waals surface area contributed by atoms with Crippen LogP contribution in [-0.2, 0) is 20.4 Å². The molecule has 0 aromatic heterocycles. The van der Waals surface area contributed by atoms with Crippen LogP contribution in [0.25, 0.3) is 0 Å². The van der Waals surface area contributed by atoms with Crippen molar-refractivity contribution >= 4 is 27.3 Å². The van der Waals surface area contributed by atoms with Gasteiger partial charge in [-0.2, -0.15) is 0 Å². The normalized spacial score (nSPS) is 11.3. The molecule has 0 atom stereocenters. The lowest BCUT2D eigenvalue weighted by molar-refractivity contribution is -0.118. The van der Waals surface area contributed by atoms with Gasteiger partial charge in [0.25, 0.3) is 0 Å². The number of carbonyl (C=O) groups excluding carboxylic acids is 1. The van der Waals surface area contributed by atoms with Crippen LogP contribution in [0.5, 0.6) is 0 Å². The molecular weight excluding hydrogens is 286 g/mol. The van der Waals surface area contributed by atoms with E-state index in [9.17, 15) is 13.2 Å². The van der Waals surface area contributed by atoms with E-state index >= 15 is 0 Å². The zero-order valence-corrected chi connectivity index (χ0v) is 12.6. The number of halogens is 1. The Morgan fingerprint density at radius 1 is 1.37 bits per heavy atom. The first kappa shape index (κ1) is 16.0. The molecule has 0 unspecified atom stereocenters. The molecule has 6 heteroatoms. The molecule has 0 saturated heterocycles. The number of sulfone groups is 1. The van der Waals surface area contributed by atoms with Gasteiger partial charge in [-0.05, 0) is 36.6 Å². The Bertz CT molecular complexity index is 555. The van der Waals surface area contributed by atoms with E-state index in [4.69, 9.17) is 11.6 Å². The highest BCUT2D eigenvalue weighted by atomic mass is 35.5. The Morgan fingerprint density at radius 2 is 2.05 bits per heavy atom. The van der Waals surface area contributed by atoms with Crippen molar-refractivity contribution in [3.63, 3.8) is 0 Å². The molecule has 0 bridgehead atoms. The monoisotopic (exact) mass is 303 g/mol. The second kappa shape index (κ2) is 6.91. The van der Waals surface area contributed by atoms with Gasteiger partial charge in [0.1, 0.15) is 0 Å². The molecule has 1 N–H and O–H groups in total. The van der Waals surface area contributed by atoms with Crippen molar-refractivity contribution in [2.45, 2.75) is 26.0 Å². The Morgan fingerprint density at radius 3 is 2.63 bits per heavy atom. The maximum absolute atomic E-state index is 11.9. The van der Waals surface area contributed by atoms with Gasteiger partial charge < -0.3 is 5.32 Å². The third-order valence-corrected chi connectivity index (χ3v) is 4.58. The van der Waals surface area contributed by atoms with E-state index in [2.05, 4.69) is 5.32 Å². The fraction of sp³-hybridized carbons (Fsp3) is 0.462. The minimum Gasteiger partial charge on any atom is -0.356 e. The van der Waals surface area contributed by atoms with E-state index in [1.165, 1.54) is 6.92 Å². The van der Waals surface area contributed by atoms with E-state index < -0.39 is 9.84 Å². The van der Waals surface area contributed by atoms with Gasteiger partial charge in [0.15, 0.2) is 9.84 Å². The van der Waals surface area contributed by atoms with E-state index in [-0.39, 0.29) is 17.4 Å². The first-order chi connectivity index (χ1) is 8.80. The van der Waals surface area contributed by atoms with Gasteiger partial charge in [-0.25, -0.2) is 8.42 Å². The predicted molar refractivity (Wildman–Crippen MR) is 77.0 cm³/mol. The summed E-state index contributed by atoms with van der Waals surface area (Å²) < 4.78 is 23.9. The number of nitrogens with one attached hydrogen (secondary N) is 1. The molecule has 4 nitrogen and oxygen atoms in total. The maximum atomic E-state index is 11.9. The van der Waals surface area contributed by atoms with Crippen molar-refractivity contribution in [2.24, 2.45) is 0 Å². The van der Waals surface area contributed by atoms with Crippen LogP contribution in [0.1, 0.15) is 24.5 Å². The van der Waals surface area contributed by atoms with Crippen molar-refractivity contribution < 1.29 is 13.2 Å². The number of rotatable bonds is 6. The molecular formula is C13H18ClNO3S. The summed E-state index contributed by atoms with van der Waals surface area (Å²) in [7, 11) is -3.16. The van der Waals surface area contributed by atoms with Crippen LogP contribution in [0.4, 0.5) is 0 Å². The predicted octanol–water partition coefficient (Wildman–Crippen LogP) is 2.09. The molecule has 0 spiro atoms. The van der Waals surface area contributed by atoms with Gasteiger partial charge in [0.2, 0.25) is 5.91 Å². The molecule has 0 heterocycles. The smallest absolute Gasteiger partial charge is 0.216 e. The summed E-state index contributed by atoms with van der Waals surface area (Å²) in [6.07, 6.45) is 0.425. The minimum absolute atomic E-state index is 0.00999. The van der Waals surface area contributed by atoms with Gasteiger partial charge in [0.05, 0.1) is 11.5 Å². The Kier molecular flexibility index (Phi) is 5.82. The molecule has 0 aliphatic rings. The summed E-state index contributed by atoms with van der Waals surface area (Å²) in [6, 6.07) is 5.18. The standard InChI is InChI=1S/C13H18ClNO3S/c1-10-8-13(14)5-4-12(10)9-19(17,18)7-3-6-15-11(2)16/h4-5,8H,3,6-7,9H2,1-2H3,(H,15,16). The third kappa shape index (κ3) is 6.07. The van der Waals surface area contributed by atoms with Gasteiger partial charge in [-0.15, -0.1) is 0 Å².